The molecule has 4 rings (SSSR count). The van der Waals surface area contributed by atoms with Gasteiger partial charge in [0.05, 0.1) is 24.0 Å². The van der Waals surface area contributed by atoms with Crippen LogP contribution < -0.4 is 0 Å². The maximum atomic E-state index is 13.7. The number of phenolic OH excluding ortho intramolecular Hbond substituents is 1. The Morgan fingerprint density at radius 3 is 2.45 bits per heavy atom. The van der Waals surface area contributed by atoms with Crippen molar-refractivity contribution in [2.75, 3.05) is 0 Å². The Kier molecular flexibility index (Phi) is 4.38. The first kappa shape index (κ1) is 18.4. The lowest BCUT2D eigenvalue weighted by atomic mass is 9.93. The van der Waals surface area contributed by atoms with E-state index in [1.165, 1.54) is 12.4 Å². The second kappa shape index (κ2) is 6.90. The van der Waals surface area contributed by atoms with Gasteiger partial charge in [0, 0.05) is 17.8 Å². The number of aryl methyl sites for hydroxylation is 1. The van der Waals surface area contributed by atoms with Gasteiger partial charge in [0.15, 0.2) is 0 Å². The zero-order valence-electron chi connectivity index (χ0n) is 15.3. The standard InChI is InChI=1S/C21H16N2O6/c1-12-15(23-11-22-12)10-21(28-17(25)8-9-18(26)29-21)20(27)19-14-5-3-2-4-13(14)6-7-16(19)24/h2-9,11,24H,10H2,1H3,(H,22,23). The number of benzene rings is 2. The number of carbonyl (C=O) groups is 3. The van der Waals surface area contributed by atoms with E-state index in [1.807, 2.05) is 0 Å². The van der Waals surface area contributed by atoms with Crippen molar-refractivity contribution < 1.29 is 29.0 Å². The zero-order chi connectivity index (χ0) is 20.6. The number of nitrogens with zero attached hydrogens (tertiary/aromatic N) is 1. The van der Waals surface area contributed by atoms with Crippen molar-refractivity contribution in [3.05, 3.63) is 71.8 Å². The van der Waals surface area contributed by atoms with Crippen LogP contribution in [0.25, 0.3) is 10.8 Å². The number of rotatable bonds is 4. The van der Waals surface area contributed by atoms with Gasteiger partial charge in [-0.05, 0) is 23.8 Å². The van der Waals surface area contributed by atoms with Crippen LogP contribution in [-0.2, 0) is 25.5 Å². The molecule has 1 aliphatic heterocycles. The van der Waals surface area contributed by atoms with Crippen LogP contribution in [0, 0.1) is 6.92 Å². The number of carbonyl (C=O) groups excluding carboxylic acids is 3. The summed E-state index contributed by atoms with van der Waals surface area (Å²) in [6.45, 7) is 1.72. The maximum absolute atomic E-state index is 13.7. The molecule has 0 saturated heterocycles. The Morgan fingerprint density at radius 1 is 1.10 bits per heavy atom. The molecule has 0 radical (unpaired) electrons. The van der Waals surface area contributed by atoms with Crippen molar-refractivity contribution in [2.45, 2.75) is 19.1 Å². The number of hydrogen-bond donors (Lipinski definition) is 2. The second-order valence-corrected chi connectivity index (χ2v) is 6.59. The van der Waals surface area contributed by atoms with Crippen molar-refractivity contribution in [2.24, 2.45) is 0 Å². The van der Waals surface area contributed by atoms with Crippen LogP contribution in [0.4, 0.5) is 0 Å². The van der Waals surface area contributed by atoms with Gasteiger partial charge in [-0.25, -0.2) is 14.6 Å². The molecule has 29 heavy (non-hydrogen) atoms. The number of cyclic esters (lactones) is 2. The summed E-state index contributed by atoms with van der Waals surface area (Å²) in [4.78, 5) is 45.0. The first-order valence-corrected chi connectivity index (χ1v) is 8.78. The molecule has 3 aromatic rings. The predicted molar refractivity (Wildman–Crippen MR) is 101 cm³/mol. The highest BCUT2D eigenvalue weighted by molar-refractivity contribution is 6.15. The van der Waals surface area contributed by atoms with E-state index in [9.17, 15) is 19.5 Å². The van der Waals surface area contributed by atoms with Gasteiger partial charge in [-0.2, -0.15) is 0 Å². The minimum Gasteiger partial charge on any atom is -0.507 e. The van der Waals surface area contributed by atoms with Gasteiger partial charge in [-0.15, -0.1) is 0 Å². The maximum Gasteiger partial charge on any atom is 0.334 e. The summed E-state index contributed by atoms with van der Waals surface area (Å²) in [7, 11) is 0. The number of hydrogen-bond acceptors (Lipinski definition) is 7. The van der Waals surface area contributed by atoms with Crippen LogP contribution in [0.1, 0.15) is 21.7 Å². The lowest BCUT2D eigenvalue weighted by molar-refractivity contribution is -0.201. The molecule has 0 spiro atoms. The van der Waals surface area contributed by atoms with Gasteiger partial charge < -0.3 is 19.6 Å². The SMILES string of the molecule is Cc1[nH]cnc1CC1(C(=O)c2c(O)ccc3ccccc23)OC(=O)C=CC(=O)O1. The Hall–Kier alpha value is -3.94. The molecule has 2 heterocycles. The molecule has 0 atom stereocenters. The molecule has 0 saturated carbocycles. The number of aromatic amines is 1. The molecule has 0 unspecified atom stereocenters. The third-order valence-corrected chi connectivity index (χ3v) is 4.70. The smallest absolute Gasteiger partial charge is 0.334 e. The first-order chi connectivity index (χ1) is 13.9. The number of esters is 2. The van der Waals surface area contributed by atoms with Crippen molar-refractivity contribution in [3.63, 3.8) is 0 Å². The van der Waals surface area contributed by atoms with E-state index in [0.717, 1.165) is 12.2 Å². The minimum atomic E-state index is -2.32. The van der Waals surface area contributed by atoms with Gasteiger partial charge in [0.1, 0.15) is 5.75 Å². The van der Waals surface area contributed by atoms with Crippen molar-refractivity contribution >= 4 is 28.5 Å². The molecule has 8 heteroatoms. The fourth-order valence-electron chi connectivity index (χ4n) is 3.27. The number of H-pyrrole nitrogens is 1. The Labute approximate surface area is 164 Å². The number of ether oxygens (including phenoxy) is 2. The van der Waals surface area contributed by atoms with Gasteiger partial charge in [0.2, 0.25) is 0 Å². The van der Waals surface area contributed by atoms with Gasteiger partial charge >= 0.3 is 17.7 Å². The molecule has 0 bridgehead atoms. The summed E-state index contributed by atoms with van der Waals surface area (Å²) in [5.74, 6) is -5.34. The molecule has 0 fully saturated rings. The summed E-state index contributed by atoms with van der Waals surface area (Å²) >= 11 is 0. The number of aromatic hydroxyl groups is 1. The summed E-state index contributed by atoms with van der Waals surface area (Å²) < 4.78 is 10.7. The van der Waals surface area contributed by atoms with E-state index in [4.69, 9.17) is 9.47 Å². The van der Waals surface area contributed by atoms with Crippen LogP contribution in [0.5, 0.6) is 5.75 Å². The zero-order valence-corrected chi connectivity index (χ0v) is 15.3. The van der Waals surface area contributed by atoms with Gasteiger partial charge in [0.25, 0.3) is 5.78 Å². The van der Waals surface area contributed by atoms with Crippen LogP contribution in [-0.4, -0.2) is 38.6 Å². The summed E-state index contributed by atoms with van der Waals surface area (Å²) in [6.07, 6.45) is 2.87. The number of imidazole rings is 1. The van der Waals surface area contributed by atoms with E-state index in [1.54, 1.807) is 37.3 Å². The van der Waals surface area contributed by atoms with E-state index in [0.29, 0.717) is 22.2 Å². The number of aromatic nitrogens is 2. The van der Waals surface area contributed by atoms with Crippen LogP contribution in [0.3, 0.4) is 0 Å². The molecule has 2 N–H and O–H groups in total. The molecule has 0 aliphatic carbocycles. The predicted octanol–water partition coefficient (Wildman–Crippen LogP) is 2.35. The fraction of sp³-hybridized carbons (Fsp3) is 0.143. The molecule has 1 aromatic heterocycles. The molecule has 2 aromatic carbocycles. The van der Waals surface area contributed by atoms with E-state index < -0.39 is 23.5 Å². The highest BCUT2D eigenvalue weighted by Gasteiger charge is 2.50. The van der Waals surface area contributed by atoms with E-state index in [-0.39, 0.29) is 17.7 Å². The van der Waals surface area contributed by atoms with Gasteiger partial charge in [-0.1, -0.05) is 30.3 Å². The topological polar surface area (TPSA) is 119 Å². The third kappa shape index (κ3) is 3.25. The fourth-order valence-corrected chi connectivity index (χ4v) is 3.27. The summed E-state index contributed by atoms with van der Waals surface area (Å²) in [5.41, 5.74) is 0.878. The number of Topliss-reactive ketones (excluding diaryl/α,β-unsaturated/α-hetero) is 1. The van der Waals surface area contributed by atoms with E-state index in [2.05, 4.69) is 9.97 Å². The monoisotopic (exact) mass is 392 g/mol. The highest BCUT2D eigenvalue weighted by atomic mass is 16.7. The van der Waals surface area contributed by atoms with Crippen molar-refractivity contribution in [1.82, 2.24) is 9.97 Å². The molecular formula is C21H16N2O6. The first-order valence-electron chi connectivity index (χ1n) is 8.78. The Balaban J connectivity index is 1.91. The molecule has 0 amide bonds. The number of phenols is 1. The highest BCUT2D eigenvalue weighted by Crippen LogP contribution is 2.35. The van der Waals surface area contributed by atoms with Crippen molar-refractivity contribution in [1.29, 1.82) is 0 Å². The average Bonchev–Trinajstić information content (AvgIpc) is 3.02. The summed E-state index contributed by atoms with van der Waals surface area (Å²) in [5, 5.41) is 11.6. The van der Waals surface area contributed by atoms with Crippen LogP contribution in [0.2, 0.25) is 0 Å². The number of ketones is 1. The Morgan fingerprint density at radius 2 is 1.79 bits per heavy atom. The third-order valence-electron chi connectivity index (χ3n) is 4.70. The molecular weight excluding hydrogens is 376 g/mol. The average molecular weight is 392 g/mol. The summed E-state index contributed by atoms with van der Waals surface area (Å²) in [6, 6.07) is 9.92. The lowest BCUT2D eigenvalue weighted by Crippen LogP contribution is -2.48. The number of nitrogens with one attached hydrogen (secondary N) is 1. The lowest BCUT2D eigenvalue weighted by Gasteiger charge is -2.29. The van der Waals surface area contributed by atoms with Crippen molar-refractivity contribution in [3.8, 4) is 5.75 Å². The Bertz CT molecular complexity index is 1160. The van der Waals surface area contributed by atoms with E-state index >= 15 is 0 Å². The normalized spacial score (nSPS) is 15.6. The molecule has 146 valence electrons. The number of fused-ring (bicyclic) bond motifs is 1. The van der Waals surface area contributed by atoms with Gasteiger partial charge in [-0.3, -0.25) is 4.79 Å². The molecule has 8 nitrogen and oxygen atoms in total. The molecule has 1 aliphatic rings. The second-order valence-electron chi connectivity index (χ2n) is 6.59. The quantitative estimate of drug-likeness (QED) is 0.517. The van der Waals surface area contributed by atoms with Crippen LogP contribution in [0.15, 0.2) is 54.9 Å². The van der Waals surface area contributed by atoms with Crippen LogP contribution >= 0.6 is 0 Å². The largest absolute Gasteiger partial charge is 0.507 e. The minimum absolute atomic E-state index is 0.112.